The zero-order valence-electron chi connectivity index (χ0n) is 11.2. The van der Waals surface area contributed by atoms with E-state index in [9.17, 15) is 18.4 Å². The quantitative estimate of drug-likeness (QED) is 0.754. The maximum atomic E-state index is 13.0. The third kappa shape index (κ3) is 4.23. The van der Waals surface area contributed by atoms with E-state index in [0.717, 1.165) is 15.7 Å². The fraction of sp³-hybridized carbons (Fsp3) is 0.0667. The second-order valence-corrected chi connectivity index (χ2v) is 5.50. The van der Waals surface area contributed by atoms with E-state index in [1.807, 2.05) is 22.6 Å². The lowest BCUT2D eigenvalue weighted by Crippen LogP contribution is -2.33. The normalized spacial score (nSPS) is 10.1. The van der Waals surface area contributed by atoms with Gasteiger partial charge in [0.1, 0.15) is 0 Å². The monoisotopic (exact) mass is 416 g/mol. The summed E-state index contributed by atoms with van der Waals surface area (Å²) >= 11 is 2.02. The van der Waals surface area contributed by atoms with Gasteiger partial charge in [0.05, 0.1) is 12.1 Å². The molecular weight excluding hydrogens is 405 g/mol. The van der Waals surface area contributed by atoms with Gasteiger partial charge in [-0.3, -0.25) is 9.59 Å². The lowest BCUT2D eigenvalue weighted by atomic mass is 10.2. The summed E-state index contributed by atoms with van der Waals surface area (Å²) < 4.78 is 26.5. The Morgan fingerprint density at radius 2 is 1.77 bits per heavy atom. The molecule has 0 saturated heterocycles. The van der Waals surface area contributed by atoms with Crippen LogP contribution in [0.15, 0.2) is 42.5 Å². The molecule has 22 heavy (non-hydrogen) atoms. The highest BCUT2D eigenvalue weighted by molar-refractivity contribution is 14.1. The van der Waals surface area contributed by atoms with Crippen LogP contribution in [0.3, 0.4) is 0 Å². The molecule has 2 N–H and O–H groups in total. The zero-order chi connectivity index (χ0) is 16.1. The molecule has 2 aromatic rings. The van der Waals surface area contributed by atoms with E-state index in [-0.39, 0.29) is 18.1 Å². The molecule has 0 fully saturated rings. The maximum absolute atomic E-state index is 13.0. The number of hydrogen-bond acceptors (Lipinski definition) is 2. The number of nitrogens with one attached hydrogen (secondary N) is 2. The Hall–Kier alpha value is -2.03. The van der Waals surface area contributed by atoms with Crippen LogP contribution in [-0.2, 0) is 4.79 Å². The van der Waals surface area contributed by atoms with Crippen LogP contribution in [0.1, 0.15) is 10.4 Å². The molecule has 0 unspecified atom stereocenters. The Morgan fingerprint density at radius 3 is 2.45 bits per heavy atom. The highest BCUT2D eigenvalue weighted by atomic mass is 127. The van der Waals surface area contributed by atoms with Gasteiger partial charge in [-0.15, -0.1) is 0 Å². The number of halogens is 3. The second-order valence-electron chi connectivity index (χ2n) is 4.34. The lowest BCUT2D eigenvalue weighted by Gasteiger charge is -2.08. The molecule has 0 bridgehead atoms. The highest BCUT2D eigenvalue weighted by Crippen LogP contribution is 2.13. The van der Waals surface area contributed by atoms with Crippen LogP contribution >= 0.6 is 22.6 Å². The van der Waals surface area contributed by atoms with Crippen molar-refractivity contribution in [3.63, 3.8) is 0 Å². The first-order valence-corrected chi connectivity index (χ1v) is 7.33. The van der Waals surface area contributed by atoms with Crippen LogP contribution in [0.4, 0.5) is 14.5 Å². The van der Waals surface area contributed by atoms with Gasteiger partial charge in [0.25, 0.3) is 5.91 Å². The van der Waals surface area contributed by atoms with Crippen molar-refractivity contribution in [2.75, 3.05) is 11.9 Å². The van der Waals surface area contributed by atoms with E-state index in [0.29, 0.717) is 5.56 Å². The first-order chi connectivity index (χ1) is 10.5. The Kier molecular flexibility index (Phi) is 5.42. The Morgan fingerprint density at radius 1 is 1.05 bits per heavy atom. The third-order valence-electron chi connectivity index (χ3n) is 2.73. The summed E-state index contributed by atoms with van der Waals surface area (Å²) in [5.41, 5.74) is 0.580. The standard InChI is InChI=1S/C15H11F2IN2O2/c16-11-6-5-9(7-12(11)17)20-14(21)8-19-15(22)10-3-1-2-4-13(10)18/h1-7H,8H2,(H,19,22)(H,20,21). The average molecular weight is 416 g/mol. The number of carbonyl (C=O) groups is 2. The van der Waals surface area contributed by atoms with Gasteiger partial charge >= 0.3 is 0 Å². The van der Waals surface area contributed by atoms with Crippen LogP contribution < -0.4 is 10.6 Å². The Labute approximate surface area is 139 Å². The topological polar surface area (TPSA) is 58.2 Å². The van der Waals surface area contributed by atoms with E-state index < -0.39 is 17.5 Å². The van der Waals surface area contributed by atoms with Crippen molar-refractivity contribution in [2.45, 2.75) is 0 Å². The first kappa shape index (κ1) is 16.3. The fourth-order valence-electron chi connectivity index (χ4n) is 1.68. The number of hydrogen-bond donors (Lipinski definition) is 2. The lowest BCUT2D eigenvalue weighted by molar-refractivity contribution is -0.115. The second kappa shape index (κ2) is 7.30. The van der Waals surface area contributed by atoms with Gasteiger partial charge in [-0.25, -0.2) is 8.78 Å². The van der Waals surface area contributed by atoms with Gasteiger partial charge in [0, 0.05) is 15.3 Å². The molecule has 0 aliphatic heterocycles. The van der Waals surface area contributed by atoms with Crippen molar-refractivity contribution in [3.05, 3.63) is 63.2 Å². The van der Waals surface area contributed by atoms with E-state index in [2.05, 4.69) is 10.6 Å². The smallest absolute Gasteiger partial charge is 0.252 e. The predicted octanol–water partition coefficient (Wildman–Crippen LogP) is 2.94. The minimum absolute atomic E-state index is 0.118. The van der Waals surface area contributed by atoms with Gasteiger partial charge in [0.15, 0.2) is 11.6 Å². The molecule has 114 valence electrons. The fourth-order valence-corrected chi connectivity index (χ4v) is 2.31. The Balaban J connectivity index is 1.91. The van der Waals surface area contributed by atoms with Gasteiger partial charge < -0.3 is 10.6 Å². The molecule has 0 radical (unpaired) electrons. The highest BCUT2D eigenvalue weighted by Gasteiger charge is 2.11. The van der Waals surface area contributed by atoms with Gasteiger partial charge in [-0.05, 0) is 46.9 Å². The molecule has 0 aromatic heterocycles. The number of carbonyl (C=O) groups excluding carboxylic acids is 2. The summed E-state index contributed by atoms with van der Waals surface area (Å²) in [4.78, 5) is 23.6. The largest absolute Gasteiger partial charge is 0.343 e. The molecule has 4 nitrogen and oxygen atoms in total. The molecule has 2 rings (SSSR count). The van der Waals surface area contributed by atoms with Crippen LogP contribution in [0.2, 0.25) is 0 Å². The van der Waals surface area contributed by atoms with Crippen molar-refractivity contribution in [2.24, 2.45) is 0 Å². The van der Waals surface area contributed by atoms with Crippen molar-refractivity contribution in [1.29, 1.82) is 0 Å². The third-order valence-corrected chi connectivity index (χ3v) is 3.67. The van der Waals surface area contributed by atoms with Crippen molar-refractivity contribution in [1.82, 2.24) is 5.32 Å². The molecule has 0 aliphatic carbocycles. The maximum Gasteiger partial charge on any atom is 0.252 e. The zero-order valence-corrected chi connectivity index (χ0v) is 13.4. The van der Waals surface area contributed by atoms with Crippen molar-refractivity contribution < 1.29 is 18.4 Å². The van der Waals surface area contributed by atoms with E-state index in [1.54, 1.807) is 24.3 Å². The van der Waals surface area contributed by atoms with Crippen molar-refractivity contribution >= 4 is 40.1 Å². The summed E-state index contributed by atoms with van der Waals surface area (Å²) in [6.45, 7) is -0.275. The summed E-state index contributed by atoms with van der Waals surface area (Å²) in [6.07, 6.45) is 0. The SMILES string of the molecule is O=C(CNC(=O)c1ccccc1I)Nc1ccc(F)c(F)c1. The average Bonchev–Trinajstić information content (AvgIpc) is 2.49. The molecule has 0 spiro atoms. The minimum Gasteiger partial charge on any atom is -0.343 e. The molecule has 0 heterocycles. The van der Waals surface area contributed by atoms with E-state index in [4.69, 9.17) is 0 Å². The van der Waals surface area contributed by atoms with Gasteiger partial charge in [-0.2, -0.15) is 0 Å². The molecule has 2 aromatic carbocycles. The molecule has 0 aliphatic rings. The molecule has 7 heteroatoms. The first-order valence-electron chi connectivity index (χ1n) is 6.25. The number of rotatable bonds is 4. The van der Waals surface area contributed by atoms with Crippen LogP contribution in [-0.4, -0.2) is 18.4 Å². The summed E-state index contributed by atoms with van der Waals surface area (Å²) in [5, 5.41) is 4.83. The number of benzene rings is 2. The predicted molar refractivity (Wildman–Crippen MR) is 86.5 cm³/mol. The molecule has 0 atom stereocenters. The Bertz CT molecular complexity index is 722. The van der Waals surface area contributed by atoms with Crippen molar-refractivity contribution in [3.8, 4) is 0 Å². The minimum atomic E-state index is -1.05. The number of amides is 2. The van der Waals surface area contributed by atoms with Crippen LogP contribution in [0.25, 0.3) is 0 Å². The molecule has 2 amide bonds. The van der Waals surface area contributed by atoms with Gasteiger partial charge in [0.2, 0.25) is 5.91 Å². The van der Waals surface area contributed by atoms with E-state index >= 15 is 0 Å². The summed E-state index contributed by atoms with van der Waals surface area (Å²) in [7, 11) is 0. The van der Waals surface area contributed by atoms with Crippen LogP contribution in [0, 0.1) is 15.2 Å². The van der Waals surface area contributed by atoms with Gasteiger partial charge in [-0.1, -0.05) is 12.1 Å². The molecule has 0 saturated carbocycles. The number of anilines is 1. The summed E-state index contributed by atoms with van der Waals surface area (Å²) in [5.74, 6) is -2.97. The van der Waals surface area contributed by atoms with Crippen LogP contribution in [0.5, 0.6) is 0 Å². The molecular formula is C15H11F2IN2O2. The summed E-state index contributed by atoms with van der Waals surface area (Å²) in [6, 6.07) is 9.96. The van der Waals surface area contributed by atoms with E-state index in [1.165, 1.54) is 6.07 Å².